The molecule has 56 heavy (non-hydrogen) atoms. The number of nitrogens with zero attached hydrogens (tertiary/aromatic N) is 3. The van der Waals surface area contributed by atoms with Gasteiger partial charge in [-0.25, -0.2) is 0 Å². The number of rotatable bonds is 12. The third-order valence-corrected chi connectivity index (χ3v) is 16.7. The third-order valence-electron chi connectivity index (χ3n) is 16.7. The van der Waals surface area contributed by atoms with Gasteiger partial charge in [-0.1, -0.05) is 60.1 Å². The SMILES string of the molecule is CC(C)C1=C2C(CC[C@]3(C)[C@@H]2CC[C@@H]2[C@@]4(C)CC[C@H](OC(=O)CC(C)(C)C(=O)O)C(C)(C)[C@@H]4CC[C@]23C)[C@H](CCN(CC(=O)N(C)C)Cc2cccnc2)C1=O. The molecule has 0 radical (unpaired) electrons. The second kappa shape index (κ2) is 15.3. The van der Waals surface area contributed by atoms with Crippen LogP contribution in [-0.4, -0.2) is 76.8 Å². The summed E-state index contributed by atoms with van der Waals surface area (Å²) in [5.74, 6) is 0.723. The molecule has 0 spiro atoms. The van der Waals surface area contributed by atoms with E-state index in [0.29, 0.717) is 43.2 Å². The summed E-state index contributed by atoms with van der Waals surface area (Å²) in [5.41, 5.74) is 2.55. The number of carboxylic acids is 1. The van der Waals surface area contributed by atoms with Crippen molar-refractivity contribution in [2.45, 2.75) is 139 Å². The maximum atomic E-state index is 14.7. The molecule has 1 unspecified atom stereocenters. The van der Waals surface area contributed by atoms with Gasteiger partial charge in [0.25, 0.3) is 0 Å². The maximum absolute atomic E-state index is 14.7. The molecule has 310 valence electrons. The zero-order valence-electron chi connectivity index (χ0n) is 36.4. The van der Waals surface area contributed by atoms with E-state index >= 15 is 0 Å². The number of pyridine rings is 1. The molecule has 0 aliphatic heterocycles. The number of likely N-dealkylation sites (N-methyl/N-ethyl adjacent to an activating group) is 1. The van der Waals surface area contributed by atoms with Crippen LogP contribution < -0.4 is 0 Å². The second-order valence-electron chi connectivity index (χ2n) is 21.1. The van der Waals surface area contributed by atoms with Gasteiger partial charge in [0.05, 0.1) is 18.4 Å². The molecular formula is C47H71N3O6. The number of aliphatic carboxylic acids is 1. The van der Waals surface area contributed by atoms with Crippen LogP contribution in [0, 0.1) is 62.6 Å². The summed E-state index contributed by atoms with van der Waals surface area (Å²) in [5, 5.41) is 9.63. The van der Waals surface area contributed by atoms with Crippen LogP contribution in [0.2, 0.25) is 0 Å². The van der Waals surface area contributed by atoms with Crippen molar-refractivity contribution in [3.8, 4) is 0 Å². The van der Waals surface area contributed by atoms with Gasteiger partial charge in [0.1, 0.15) is 6.10 Å². The van der Waals surface area contributed by atoms with E-state index in [1.807, 2.05) is 12.3 Å². The van der Waals surface area contributed by atoms with E-state index in [1.165, 1.54) is 5.57 Å². The van der Waals surface area contributed by atoms with Crippen LogP contribution in [0.3, 0.4) is 0 Å². The highest BCUT2D eigenvalue weighted by Gasteiger charge is 2.69. The first-order valence-electron chi connectivity index (χ1n) is 21.6. The number of ketones is 1. The normalized spacial score (nSPS) is 35.1. The minimum absolute atomic E-state index is 0.0450. The quantitative estimate of drug-likeness (QED) is 0.210. The molecule has 1 heterocycles. The lowest BCUT2D eigenvalue weighted by atomic mass is 9.33. The van der Waals surface area contributed by atoms with Crippen LogP contribution in [0.1, 0.15) is 132 Å². The largest absolute Gasteiger partial charge is 0.481 e. The fourth-order valence-electron chi connectivity index (χ4n) is 13.5. The van der Waals surface area contributed by atoms with Crippen molar-refractivity contribution in [1.82, 2.24) is 14.8 Å². The number of carbonyl (C=O) groups excluding carboxylic acids is 3. The highest BCUT2D eigenvalue weighted by Crippen LogP contribution is 2.75. The highest BCUT2D eigenvalue weighted by atomic mass is 16.5. The zero-order valence-corrected chi connectivity index (χ0v) is 36.4. The number of fused-ring (bicyclic) bond motifs is 7. The minimum atomic E-state index is -1.16. The molecule has 0 aromatic carbocycles. The molecule has 0 bridgehead atoms. The molecule has 5 aliphatic rings. The molecule has 9 heteroatoms. The van der Waals surface area contributed by atoms with E-state index in [4.69, 9.17) is 4.74 Å². The van der Waals surface area contributed by atoms with Crippen LogP contribution in [0.15, 0.2) is 35.7 Å². The fourth-order valence-corrected chi connectivity index (χ4v) is 13.5. The Labute approximate surface area is 336 Å². The predicted molar refractivity (Wildman–Crippen MR) is 218 cm³/mol. The van der Waals surface area contributed by atoms with Crippen molar-refractivity contribution in [1.29, 1.82) is 0 Å². The van der Waals surface area contributed by atoms with Gasteiger partial charge in [-0.15, -0.1) is 0 Å². The van der Waals surface area contributed by atoms with Crippen LogP contribution in [0.5, 0.6) is 0 Å². The minimum Gasteiger partial charge on any atom is -0.481 e. The van der Waals surface area contributed by atoms with Gasteiger partial charge in [0, 0.05) is 44.4 Å². The Morgan fingerprint density at radius 2 is 1.66 bits per heavy atom. The maximum Gasteiger partial charge on any atom is 0.309 e. The van der Waals surface area contributed by atoms with Gasteiger partial charge in [0.15, 0.2) is 5.78 Å². The summed E-state index contributed by atoms with van der Waals surface area (Å²) >= 11 is 0. The summed E-state index contributed by atoms with van der Waals surface area (Å²) in [6, 6.07) is 3.99. The average Bonchev–Trinajstić information content (AvgIpc) is 3.39. The number of carboxylic acid groups (broad SMARTS) is 1. The standard InChI is InChI=1S/C47H71N3O6/c1-29(2)39-40-31(32(41(39)53)19-24-50(28-37(51)49(10)11)27-30-13-12-23-48-26-30)16-21-46(8)33(40)14-15-35-45(7)20-18-36(56-38(52)25-43(3,4)42(54)55)44(5,6)34(45)17-22-47(35,46)9/h12-13,23,26,29,31-36H,14-22,24-25,27-28H2,1-11H3,(H,54,55)/t31?,32-,33+,34-,35+,36-,45-,46+,47+/m0/s1. The number of carbonyl (C=O) groups is 4. The van der Waals surface area contributed by atoms with Crippen molar-refractivity contribution >= 4 is 23.6 Å². The van der Waals surface area contributed by atoms with E-state index in [9.17, 15) is 24.3 Å². The Morgan fingerprint density at radius 1 is 0.964 bits per heavy atom. The van der Waals surface area contributed by atoms with Crippen LogP contribution in [0.25, 0.3) is 0 Å². The Morgan fingerprint density at radius 3 is 2.29 bits per heavy atom. The number of hydrogen-bond donors (Lipinski definition) is 1. The first kappa shape index (κ1) is 42.5. The molecule has 0 saturated heterocycles. The predicted octanol–water partition coefficient (Wildman–Crippen LogP) is 8.61. The molecule has 1 amide bonds. The number of ether oxygens (including phenoxy) is 1. The highest BCUT2D eigenvalue weighted by molar-refractivity contribution is 6.01. The summed E-state index contributed by atoms with van der Waals surface area (Å²) < 4.78 is 6.18. The fraction of sp³-hybridized carbons (Fsp3) is 0.766. The molecule has 9 nitrogen and oxygen atoms in total. The second-order valence-corrected chi connectivity index (χ2v) is 21.1. The van der Waals surface area contributed by atoms with Crippen molar-refractivity contribution in [2.24, 2.45) is 62.6 Å². The van der Waals surface area contributed by atoms with Crippen molar-refractivity contribution < 1.29 is 29.0 Å². The molecule has 5 aliphatic carbocycles. The Balaban J connectivity index is 1.22. The van der Waals surface area contributed by atoms with E-state index in [1.54, 1.807) is 39.0 Å². The van der Waals surface area contributed by atoms with Gasteiger partial charge in [0.2, 0.25) is 5.91 Å². The molecule has 6 rings (SSSR count). The van der Waals surface area contributed by atoms with Crippen LogP contribution in [0.4, 0.5) is 0 Å². The van der Waals surface area contributed by atoms with Crippen molar-refractivity contribution in [3.05, 3.63) is 41.2 Å². The third kappa shape index (κ3) is 7.19. The lowest BCUT2D eigenvalue weighted by molar-refractivity contribution is -0.232. The van der Waals surface area contributed by atoms with Crippen LogP contribution >= 0.6 is 0 Å². The van der Waals surface area contributed by atoms with E-state index < -0.39 is 17.4 Å². The van der Waals surface area contributed by atoms with Gasteiger partial charge < -0.3 is 14.7 Å². The Hall–Kier alpha value is -3.07. The summed E-state index contributed by atoms with van der Waals surface area (Å²) in [7, 11) is 3.60. The lowest BCUT2D eigenvalue weighted by Crippen LogP contribution is -2.65. The van der Waals surface area contributed by atoms with Gasteiger partial charge in [-0.2, -0.15) is 0 Å². The van der Waals surface area contributed by atoms with Gasteiger partial charge >= 0.3 is 11.9 Å². The monoisotopic (exact) mass is 774 g/mol. The van der Waals surface area contributed by atoms with E-state index in [0.717, 1.165) is 68.9 Å². The van der Waals surface area contributed by atoms with Gasteiger partial charge in [-0.05, 0) is 141 Å². The molecule has 4 fully saturated rings. The van der Waals surface area contributed by atoms with Gasteiger partial charge in [-0.3, -0.25) is 29.1 Å². The first-order chi connectivity index (χ1) is 26.1. The Kier molecular flexibility index (Phi) is 11.6. The average molecular weight is 774 g/mol. The zero-order chi connectivity index (χ0) is 41.2. The smallest absolute Gasteiger partial charge is 0.309 e. The number of aromatic nitrogens is 1. The summed E-state index contributed by atoms with van der Waals surface area (Å²) in [6.07, 6.45) is 12.4. The van der Waals surface area contributed by atoms with E-state index in [2.05, 4.69) is 64.4 Å². The topological polar surface area (TPSA) is 117 Å². The molecule has 1 aromatic rings. The number of hydrogen-bond acceptors (Lipinski definition) is 7. The van der Waals surface area contributed by atoms with E-state index in [-0.39, 0.29) is 57.8 Å². The lowest BCUT2D eigenvalue weighted by Gasteiger charge is -2.71. The molecular weight excluding hydrogens is 703 g/mol. The van der Waals surface area contributed by atoms with Crippen molar-refractivity contribution in [2.75, 3.05) is 27.2 Å². The molecule has 1 N–H and O–H groups in total. The molecule has 1 aromatic heterocycles. The number of allylic oxidation sites excluding steroid dienone is 2. The van der Waals surface area contributed by atoms with Crippen LogP contribution in [-0.2, 0) is 30.5 Å². The van der Waals surface area contributed by atoms with Crippen molar-refractivity contribution in [3.63, 3.8) is 0 Å². The summed E-state index contributed by atoms with van der Waals surface area (Å²) in [6.45, 7) is 21.5. The number of esters is 1. The number of amides is 1. The Bertz CT molecular complexity index is 1720. The molecule has 9 atom stereocenters. The molecule has 4 saturated carbocycles. The summed E-state index contributed by atoms with van der Waals surface area (Å²) in [4.78, 5) is 60.6. The first-order valence-corrected chi connectivity index (χ1v) is 21.6. The number of Topliss-reactive ketones (excluding diaryl/α,β-unsaturated/α-hetero) is 1.